The Morgan fingerprint density at radius 1 is 1.60 bits per heavy atom. The molecule has 0 rings (SSSR count). The molecule has 10 heavy (non-hydrogen) atoms. The van der Waals surface area contributed by atoms with Crippen molar-refractivity contribution in [2.45, 2.75) is 26.7 Å². The molecular formula is C8H13ClO. The van der Waals surface area contributed by atoms with Gasteiger partial charge in [-0.3, -0.25) is 4.79 Å². The molecule has 0 radical (unpaired) electrons. The maximum atomic E-state index is 10.7. The number of halogens is 1. The van der Waals surface area contributed by atoms with Crippen molar-refractivity contribution in [2.24, 2.45) is 0 Å². The molecular weight excluding hydrogens is 148 g/mol. The molecule has 1 nitrogen and oxygen atoms in total. The summed E-state index contributed by atoms with van der Waals surface area (Å²) in [5, 5.41) is 0. The van der Waals surface area contributed by atoms with Gasteiger partial charge in [0.25, 0.3) is 0 Å². The van der Waals surface area contributed by atoms with Crippen molar-refractivity contribution in [3.63, 3.8) is 0 Å². The van der Waals surface area contributed by atoms with Crippen LogP contribution in [0.15, 0.2) is 11.6 Å². The van der Waals surface area contributed by atoms with Gasteiger partial charge in [0.2, 0.25) is 0 Å². The van der Waals surface area contributed by atoms with Gasteiger partial charge in [-0.1, -0.05) is 19.4 Å². The highest BCUT2D eigenvalue weighted by Crippen LogP contribution is 2.02. The molecule has 0 spiro atoms. The molecule has 0 saturated heterocycles. The Balaban J connectivity index is 3.91. The van der Waals surface area contributed by atoms with E-state index in [1.54, 1.807) is 6.92 Å². The lowest BCUT2D eigenvalue weighted by Gasteiger charge is -1.95. The monoisotopic (exact) mass is 160 g/mol. The van der Waals surface area contributed by atoms with E-state index >= 15 is 0 Å². The summed E-state index contributed by atoms with van der Waals surface area (Å²) < 4.78 is 0. The number of Topliss-reactive ketones (excluding diaryl/α,β-unsaturated/α-hetero) is 1. The number of allylic oxidation sites excluding steroid dienone is 2. The Labute approximate surface area is 67.1 Å². The Morgan fingerprint density at radius 3 is 2.50 bits per heavy atom. The third-order valence-electron chi connectivity index (χ3n) is 1.28. The molecule has 0 aliphatic rings. The van der Waals surface area contributed by atoms with Crippen LogP contribution in [0.1, 0.15) is 26.7 Å². The van der Waals surface area contributed by atoms with Gasteiger partial charge in [-0.2, -0.15) is 0 Å². The zero-order valence-electron chi connectivity index (χ0n) is 6.48. The number of ketones is 1. The summed E-state index contributed by atoms with van der Waals surface area (Å²) in [7, 11) is 0. The Bertz CT molecular complexity index is 138. The second kappa shape index (κ2) is 5.48. The number of carbonyl (C=O) groups excluding carboxylic acids is 1. The van der Waals surface area contributed by atoms with Crippen LogP contribution in [-0.4, -0.2) is 11.7 Å². The fourth-order valence-corrected chi connectivity index (χ4v) is 0.908. The lowest BCUT2D eigenvalue weighted by Crippen LogP contribution is -1.97. The molecule has 0 bridgehead atoms. The summed E-state index contributed by atoms with van der Waals surface area (Å²) in [6.07, 6.45) is 3.92. The van der Waals surface area contributed by atoms with Crippen molar-refractivity contribution in [3.8, 4) is 0 Å². The maximum absolute atomic E-state index is 10.7. The van der Waals surface area contributed by atoms with Crippen LogP contribution in [0.3, 0.4) is 0 Å². The predicted molar refractivity (Wildman–Crippen MR) is 44.4 cm³/mol. The third-order valence-corrected chi connectivity index (χ3v) is 1.56. The van der Waals surface area contributed by atoms with Crippen LogP contribution < -0.4 is 0 Å². The van der Waals surface area contributed by atoms with E-state index in [0.717, 1.165) is 18.4 Å². The zero-order chi connectivity index (χ0) is 7.98. The van der Waals surface area contributed by atoms with E-state index in [-0.39, 0.29) is 5.78 Å². The molecule has 0 aromatic rings. The Morgan fingerprint density at radius 2 is 2.20 bits per heavy atom. The van der Waals surface area contributed by atoms with Gasteiger partial charge < -0.3 is 0 Å². The number of hydrogen-bond donors (Lipinski definition) is 0. The fourth-order valence-electron chi connectivity index (χ4n) is 0.611. The van der Waals surface area contributed by atoms with Crippen molar-refractivity contribution in [1.82, 2.24) is 0 Å². The summed E-state index contributed by atoms with van der Waals surface area (Å²) in [6, 6.07) is 0. The molecule has 0 amide bonds. The first-order valence-electron chi connectivity index (χ1n) is 3.48. The van der Waals surface area contributed by atoms with Crippen LogP contribution >= 0.6 is 11.6 Å². The van der Waals surface area contributed by atoms with Crippen LogP contribution in [0, 0.1) is 0 Å². The summed E-state index contributed by atoms with van der Waals surface area (Å²) in [4.78, 5) is 10.7. The first-order chi connectivity index (χ1) is 4.72. The van der Waals surface area contributed by atoms with Crippen LogP contribution in [0.2, 0.25) is 0 Å². The standard InChI is InChI=1S/C8H13ClO/c1-3-4-5-8(6-9)7(2)10/h5H,3-4,6H2,1-2H3/b8-5+. The van der Waals surface area contributed by atoms with Gasteiger partial charge in [-0.25, -0.2) is 0 Å². The van der Waals surface area contributed by atoms with Crippen molar-refractivity contribution in [2.75, 3.05) is 5.88 Å². The minimum absolute atomic E-state index is 0.0865. The maximum Gasteiger partial charge on any atom is 0.156 e. The van der Waals surface area contributed by atoms with E-state index in [0.29, 0.717) is 5.88 Å². The van der Waals surface area contributed by atoms with Crippen molar-refractivity contribution in [3.05, 3.63) is 11.6 Å². The minimum atomic E-state index is 0.0865. The fraction of sp³-hybridized carbons (Fsp3) is 0.625. The average molecular weight is 161 g/mol. The van der Waals surface area contributed by atoms with Crippen molar-refractivity contribution < 1.29 is 4.79 Å². The largest absolute Gasteiger partial charge is 0.295 e. The van der Waals surface area contributed by atoms with Crippen LogP contribution in [-0.2, 0) is 4.79 Å². The predicted octanol–water partition coefficient (Wildman–Crippen LogP) is 2.54. The number of rotatable bonds is 4. The average Bonchev–Trinajstić information content (AvgIpc) is 1.89. The highest BCUT2D eigenvalue weighted by Gasteiger charge is 1.98. The van der Waals surface area contributed by atoms with Gasteiger partial charge in [0.05, 0.1) is 5.88 Å². The minimum Gasteiger partial charge on any atom is -0.295 e. The van der Waals surface area contributed by atoms with Crippen LogP contribution in [0.5, 0.6) is 0 Å². The molecule has 2 heteroatoms. The molecule has 0 atom stereocenters. The van der Waals surface area contributed by atoms with E-state index in [1.807, 2.05) is 6.08 Å². The molecule has 0 aromatic carbocycles. The molecule has 0 aliphatic heterocycles. The van der Waals surface area contributed by atoms with E-state index < -0.39 is 0 Å². The van der Waals surface area contributed by atoms with Gasteiger partial charge in [-0.05, 0) is 13.3 Å². The normalized spacial score (nSPS) is 11.7. The van der Waals surface area contributed by atoms with Gasteiger partial charge in [0.1, 0.15) is 0 Å². The first-order valence-corrected chi connectivity index (χ1v) is 4.01. The second-order valence-electron chi connectivity index (χ2n) is 2.21. The SMILES string of the molecule is CCC/C=C(\CCl)C(C)=O. The number of alkyl halides is 1. The summed E-state index contributed by atoms with van der Waals surface area (Å²) in [5.74, 6) is 0.429. The highest BCUT2D eigenvalue weighted by molar-refractivity contribution is 6.22. The smallest absolute Gasteiger partial charge is 0.156 e. The van der Waals surface area contributed by atoms with Crippen LogP contribution in [0.4, 0.5) is 0 Å². The molecule has 0 aromatic heterocycles. The molecule has 0 N–H and O–H groups in total. The Hall–Kier alpha value is -0.300. The summed E-state index contributed by atoms with van der Waals surface area (Å²) >= 11 is 5.51. The molecule has 58 valence electrons. The van der Waals surface area contributed by atoms with Crippen molar-refractivity contribution in [1.29, 1.82) is 0 Å². The van der Waals surface area contributed by atoms with E-state index in [9.17, 15) is 4.79 Å². The van der Waals surface area contributed by atoms with E-state index in [1.165, 1.54) is 0 Å². The van der Waals surface area contributed by atoms with Gasteiger partial charge >= 0.3 is 0 Å². The quantitative estimate of drug-likeness (QED) is 0.456. The summed E-state index contributed by atoms with van der Waals surface area (Å²) in [6.45, 7) is 3.62. The lowest BCUT2D eigenvalue weighted by atomic mass is 10.1. The molecule has 0 heterocycles. The number of unbranched alkanes of at least 4 members (excludes halogenated alkanes) is 1. The highest BCUT2D eigenvalue weighted by atomic mass is 35.5. The first kappa shape index (κ1) is 9.70. The van der Waals surface area contributed by atoms with E-state index in [4.69, 9.17) is 11.6 Å². The topological polar surface area (TPSA) is 17.1 Å². The third kappa shape index (κ3) is 3.67. The van der Waals surface area contributed by atoms with E-state index in [2.05, 4.69) is 6.92 Å². The van der Waals surface area contributed by atoms with Crippen LogP contribution in [0.25, 0.3) is 0 Å². The second-order valence-corrected chi connectivity index (χ2v) is 2.48. The molecule has 0 aliphatic carbocycles. The molecule has 0 unspecified atom stereocenters. The Kier molecular flexibility index (Phi) is 5.32. The lowest BCUT2D eigenvalue weighted by molar-refractivity contribution is -0.113. The molecule has 0 saturated carbocycles. The van der Waals surface area contributed by atoms with Gasteiger partial charge in [0, 0.05) is 5.57 Å². The van der Waals surface area contributed by atoms with Crippen molar-refractivity contribution >= 4 is 17.4 Å². The zero-order valence-corrected chi connectivity index (χ0v) is 7.24. The number of carbonyl (C=O) groups is 1. The molecule has 0 fully saturated rings. The number of hydrogen-bond acceptors (Lipinski definition) is 1. The summed E-state index contributed by atoms with van der Waals surface area (Å²) in [5.41, 5.74) is 0.739. The van der Waals surface area contributed by atoms with Gasteiger partial charge in [0.15, 0.2) is 5.78 Å². The van der Waals surface area contributed by atoms with Gasteiger partial charge in [-0.15, -0.1) is 11.6 Å².